The second-order valence-electron chi connectivity index (χ2n) is 5.93. The molecule has 27 heavy (non-hydrogen) atoms. The molecule has 0 aliphatic heterocycles. The van der Waals surface area contributed by atoms with Crippen molar-refractivity contribution in [2.45, 2.75) is 6.16 Å². The van der Waals surface area contributed by atoms with Gasteiger partial charge in [0.2, 0.25) is 5.95 Å². The van der Waals surface area contributed by atoms with E-state index in [9.17, 15) is 19.1 Å². The molecule has 0 radical (unpaired) electrons. The molecule has 0 aliphatic carbocycles. The van der Waals surface area contributed by atoms with E-state index in [4.69, 9.17) is 0 Å². The van der Waals surface area contributed by atoms with E-state index in [1.54, 1.807) is 12.1 Å². The Labute approximate surface area is 152 Å². The van der Waals surface area contributed by atoms with Crippen molar-refractivity contribution in [3.05, 3.63) is 60.0 Å². The zero-order valence-electron chi connectivity index (χ0n) is 13.8. The van der Waals surface area contributed by atoms with Gasteiger partial charge in [0.25, 0.3) is 5.91 Å². The average Bonchev–Trinajstić information content (AvgIpc) is 3.09. The molecule has 2 heterocycles. The predicted octanol–water partition coefficient (Wildman–Crippen LogP) is 2.44. The lowest BCUT2D eigenvalue weighted by atomic mass is 10.1. The van der Waals surface area contributed by atoms with Crippen LogP contribution in [0.25, 0.3) is 21.9 Å². The minimum absolute atomic E-state index is 0.0730. The molecular weight excluding hydrogens is 369 g/mol. The lowest BCUT2D eigenvalue weighted by Crippen LogP contribution is -2.15. The van der Waals surface area contributed by atoms with Crippen LogP contribution in [-0.4, -0.2) is 35.6 Å². The molecule has 0 fully saturated rings. The number of imidazole rings is 1. The number of aromatic amines is 1. The Morgan fingerprint density at radius 3 is 2.67 bits per heavy atom. The normalized spacial score (nSPS) is 11.8. The van der Waals surface area contributed by atoms with Crippen molar-refractivity contribution in [2.75, 3.05) is 5.32 Å². The molecular formula is C17H14N5O4P. The van der Waals surface area contributed by atoms with Crippen LogP contribution in [0.15, 0.2) is 48.8 Å². The van der Waals surface area contributed by atoms with E-state index in [1.165, 1.54) is 6.33 Å². The Balaban J connectivity index is 1.67. The van der Waals surface area contributed by atoms with Crippen LogP contribution in [0.5, 0.6) is 0 Å². The van der Waals surface area contributed by atoms with E-state index >= 15 is 0 Å². The molecule has 0 saturated heterocycles. The second-order valence-corrected chi connectivity index (χ2v) is 7.58. The largest absolute Gasteiger partial charge is 0.342 e. The number of hydrogen-bond acceptors (Lipinski definition) is 5. The second kappa shape index (κ2) is 6.55. The first-order chi connectivity index (χ1) is 12.9. The number of amides is 1. The molecule has 0 unspecified atom stereocenters. The van der Waals surface area contributed by atoms with Gasteiger partial charge >= 0.3 is 7.60 Å². The molecule has 1 amide bonds. The van der Waals surface area contributed by atoms with Crippen LogP contribution in [0.4, 0.5) is 5.95 Å². The van der Waals surface area contributed by atoms with Gasteiger partial charge in [-0.15, -0.1) is 0 Å². The first kappa shape index (κ1) is 17.3. The molecule has 10 heteroatoms. The lowest BCUT2D eigenvalue weighted by Gasteiger charge is -2.08. The van der Waals surface area contributed by atoms with Gasteiger partial charge in [0.15, 0.2) is 5.65 Å². The quantitative estimate of drug-likeness (QED) is 0.397. The highest BCUT2D eigenvalue weighted by Crippen LogP contribution is 2.39. The van der Waals surface area contributed by atoms with Crippen LogP contribution < -0.4 is 5.32 Å². The summed E-state index contributed by atoms with van der Waals surface area (Å²) < 4.78 is 11.4. The number of H-pyrrole nitrogens is 1. The summed E-state index contributed by atoms with van der Waals surface area (Å²) in [4.78, 5) is 46.0. The third-order valence-corrected chi connectivity index (χ3v) is 4.66. The minimum atomic E-state index is -4.36. The summed E-state index contributed by atoms with van der Waals surface area (Å²) in [6, 6.07) is 12.9. The third-order valence-electron chi connectivity index (χ3n) is 3.95. The van der Waals surface area contributed by atoms with Gasteiger partial charge in [-0.1, -0.05) is 30.3 Å². The molecule has 0 bridgehead atoms. The minimum Gasteiger partial charge on any atom is -0.342 e. The topological polar surface area (TPSA) is 141 Å². The molecule has 4 aromatic rings. The van der Waals surface area contributed by atoms with Gasteiger partial charge in [0, 0.05) is 5.56 Å². The maximum absolute atomic E-state index is 12.6. The van der Waals surface area contributed by atoms with Crippen LogP contribution in [-0.2, 0) is 10.7 Å². The molecule has 0 atom stereocenters. The lowest BCUT2D eigenvalue weighted by molar-refractivity contribution is 0.102. The summed E-state index contributed by atoms with van der Waals surface area (Å²) in [5.41, 5.74) is 1.03. The standard InChI is InChI=1S/C17H14N5O4P/c23-16(12-6-5-10-3-1-2-4-11(10)7-12)22-17-20-13(8-27(24,25)26)14-15(21-17)19-9-18-14/h1-7,9H,8H2,(H2,24,25,26)(H2,18,19,20,21,22,23). The van der Waals surface area contributed by atoms with E-state index in [1.807, 2.05) is 30.3 Å². The molecule has 2 aromatic heterocycles. The highest BCUT2D eigenvalue weighted by molar-refractivity contribution is 7.50. The van der Waals surface area contributed by atoms with Gasteiger partial charge in [-0.3, -0.25) is 14.7 Å². The van der Waals surface area contributed by atoms with Crippen molar-refractivity contribution in [3.8, 4) is 0 Å². The zero-order valence-corrected chi connectivity index (χ0v) is 14.7. The van der Waals surface area contributed by atoms with Gasteiger partial charge in [-0.25, -0.2) is 9.97 Å². The number of hydrogen-bond donors (Lipinski definition) is 4. The first-order valence-corrected chi connectivity index (χ1v) is 9.73. The van der Waals surface area contributed by atoms with Gasteiger partial charge < -0.3 is 14.8 Å². The van der Waals surface area contributed by atoms with Crippen LogP contribution in [0, 0.1) is 0 Å². The number of nitrogens with one attached hydrogen (secondary N) is 2. The summed E-state index contributed by atoms with van der Waals surface area (Å²) in [6.45, 7) is 0. The van der Waals surface area contributed by atoms with E-state index in [-0.39, 0.29) is 17.3 Å². The van der Waals surface area contributed by atoms with E-state index < -0.39 is 19.7 Å². The maximum Gasteiger partial charge on any atom is 0.331 e. The molecule has 2 aromatic carbocycles. The Kier molecular flexibility index (Phi) is 4.19. The number of rotatable bonds is 4. The number of carbonyl (C=O) groups is 1. The Morgan fingerprint density at radius 2 is 1.89 bits per heavy atom. The number of benzene rings is 2. The number of anilines is 1. The SMILES string of the molecule is O=C(Nc1nc(CP(=O)(O)O)c2[nH]cnc2n1)c1ccc2ccccc2c1. The highest BCUT2D eigenvalue weighted by Gasteiger charge is 2.21. The monoisotopic (exact) mass is 383 g/mol. The van der Waals surface area contributed by atoms with Crippen LogP contribution >= 0.6 is 7.60 Å². The van der Waals surface area contributed by atoms with Crippen LogP contribution in [0.1, 0.15) is 16.1 Å². The summed E-state index contributed by atoms with van der Waals surface area (Å²) in [6.07, 6.45) is 0.754. The Bertz CT molecular complexity index is 1220. The van der Waals surface area contributed by atoms with Crippen molar-refractivity contribution in [1.29, 1.82) is 0 Å². The first-order valence-electron chi connectivity index (χ1n) is 7.94. The third kappa shape index (κ3) is 3.70. The van der Waals surface area contributed by atoms with Crippen molar-refractivity contribution >= 4 is 41.4 Å². The maximum atomic E-state index is 12.6. The molecule has 9 nitrogen and oxygen atoms in total. The van der Waals surface area contributed by atoms with E-state index in [2.05, 4.69) is 25.3 Å². The Morgan fingerprint density at radius 1 is 1.11 bits per heavy atom. The van der Waals surface area contributed by atoms with Crippen molar-refractivity contribution in [3.63, 3.8) is 0 Å². The number of fused-ring (bicyclic) bond motifs is 2. The van der Waals surface area contributed by atoms with E-state index in [0.29, 0.717) is 11.1 Å². The smallest absolute Gasteiger partial charge is 0.331 e. The fraction of sp³-hybridized carbons (Fsp3) is 0.0588. The molecule has 136 valence electrons. The van der Waals surface area contributed by atoms with Gasteiger partial charge in [0.05, 0.1) is 18.2 Å². The Hall–Kier alpha value is -3.13. The summed E-state index contributed by atoms with van der Waals surface area (Å²) in [5.74, 6) is -0.506. The summed E-state index contributed by atoms with van der Waals surface area (Å²) >= 11 is 0. The van der Waals surface area contributed by atoms with Gasteiger partial charge in [0.1, 0.15) is 5.52 Å². The fourth-order valence-electron chi connectivity index (χ4n) is 2.76. The molecule has 4 N–H and O–H groups in total. The summed E-state index contributed by atoms with van der Waals surface area (Å²) in [5, 5.41) is 4.48. The molecule has 4 rings (SSSR count). The van der Waals surface area contributed by atoms with E-state index in [0.717, 1.165) is 10.8 Å². The predicted molar refractivity (Wildman–Crippen MR) is 99.3 cm³/mol. The molecule has 0 aliphatic rings. The fourth-order valence-corrected chi connectivity index (χ4v) is 3.38. The number of carbonyl (C=O) groups excluding carboxylic acids is 1. The van der Waals surface area contributed by atoms with Crippen molar-refractivity contribution < 1.29 is 19.1 Å². The van der Waals surface area contributed by atoms with Crippen molar-refractivity contribution in [1.82, 2.24) is 19.9 Å². The highest BCUT2D eigenvalue weighted by atomic mass is 31.2. The number of aromatic nitrogens is 4. The summed E-state index contributed by atoms with van der Waals surface area (Å²) in [7, 11) is -4.36. The molecule has 0 spiro atoms. The van der Waals surface area contributed by atoms with Gasteiger partial charge in [-0.05, 0) is 22.9 Å². The van der Waals surface area contributed by atoms with Crippen molar-refractivity contribution in [2.24, 2.45) is 0 Å². The van der Waals surface area contributed by atoms with Crippen LogP contribution in [0.3, 0.4) is 0 Å². The number of nitrogens with zero attached hydrogens (tertiary/aromatic N) is 3. The zero-order chi connectivity index (χ0) is 19.0. The van der Waals surface area contributed by atoms with Crippen LogP contribution in [0.2, 0.25) is 0 Å². The van der Waals surface area contributed by atoms with Gasteiger partial charge in [-0.2, -0.15) is 4.98 Å². The average molecular weight is 383 g/mol. The molecule has 0 saturated carbocycles.